The molecule has 5 heteroatoms. The van der Waals surface area contributed by atoms with Crippen LogP contribution >= 0.6 is 0 Å². The van der Waals surface area contributed by atoms with Gasteiger partial charge >= 0.3 is 0 Å². The monoisotopic (exact) mass is 261 g/mol. The number of hydrogen-bond donors (Lipinski definition) is 2. The van der Waals surface area contributed by atoms with Gasteiger partial charge in [-0.05, 0) is 25.7 Å². The van der Waals surface area contributed by atoms with Gasteiger partial charge < -0.3 is 10.4 Å². The second-order valence-electron chi connectivity index (χ2n) is 5.80. The van der Waals surface area contributed by atoms with Crippen molar-refractivity contribution in [2.75, 3.05) is 19.4 Å². The maximum absolute atomic E-state index is 11.7. The molecule has 2 fully saturated rings. The Labute approximate surface area is 104 Å². The lowest BCUT2D eigenvalue weighted by molar-refractivity contribution is 0.200. The fourth-order valence-electron chi connectivity index (χ4n) is 2.76. The zero-order valence-electron chi connectivity index (χ0n) is 10.5. The largest absolute Gasteiger partial charge is 0.396 e. The van der Waals surface area contributed by atoms with Gasteiger partial charge in [0.05, 0.1) is 5.25 Å². The van der Waals surface area contributed by atoms with E-state index in [4.69, 9.17) is 0 Å². The molecule has 2 unspecified atom stereocenters. The molecule has 0 aliphatic heterocycles. The van der Waals surface area contributed by atoms with Crippen LogP contribution in [0.5, 0.6) is 0 Å². The molecule has 0 heterocycles. The molecule has 2 atom stereocenters. The molecular weight excluding hydrogens is 238 g/mol. The van der Waals surface area contributed by atoms with E-state index >= 15 is 0 Å². The van der Waals surface area contributed by atoms with E-state index in [0.29, 0.717) is 0 Å². The first-order valence-electron chi connectivity index (χ1n) is 6.50. The quantitative estimate of drug-likeness (QED) is 0.765. The lowest BCUT2D eigenvalue weighted by Gasteiger charge is -2.32. The topological polar surface area (TPSA) is 66.4 Å². The number of nitrogens with one attached hydrogen (secondary N) is 1. The highest BCUT2D eigenvalue weighted by molar-refractivity contribution is 7.91. The Morgan fingerprint density at radius 2 is 1.94 bits per heavy atom. The summed E-state index contributed by atoms with van der Waals surface area (Å²) in [4.78, 5) is 0. The fourth-order valence-corrected chi connectivity index (χ4v) is 4.18. The highest BCUT2D eigenvalue weighted by atomic mass is 32.2. The molecule has 0 radical (unpaired) electrons. The average molecular weight is 261 g/mol. The summed E-state index contributed by atoms with van der Waals surface area (Å²) < 4.78 is 23.4. The van der Waals surface area contributed by atoms with Crippen molar-refractivity contribution in [2.24, 2.45) is 5.41 Å². The van der Waals surface area contributed by atoms with Crippen LogP contribution in [0.3, 0.4) is 0 Å². The van der Waals surface area contributed by atoms with Crippen molar-refractivity contribution < 1.29 is 13.5 Å². The third-order valence-corrected chi connectivity index (χ3v) is 5.95. The van der Waals surface area contributed by atoms with Gasteiger partial charge in [-0.15, -0.1) is 0 Å². The van der Waals surface area contributed by atoms with Crippen LogP contribution in [-0.4, -0.2) is 44.2 Å². The van der Waals surface area contributed by atoms with E-state index in [1.165, 1.54) is 6.26 Å². The van der Waals surface area contributed by atoms with Crippen molar-refractivity contribution in [2.45, 2.75) is 49.8 Å². The number of hydrogen-bond acceptors (Lipinski definition) is 4. The lowest BCUT2D eigenvalue weighted by atomic mass is 9.94. The molecular formula is C12H23NO3S. The van der Waals surface area contributed by atoms with Gasteiger partial charge in [0.2, 0.25) is 0 Å². The standard InChI is InChI=1S/C12H23NO3S/c1-17(15,16)11-5-3-2-4-10(11)13-8-12(9-14)6-7-12/h10-11,13-14H,2-9H2,1H3. The molecule has 0 aromatic rings. The van der Waals surface area contributed by atoms with Gasteiger partial charge in [0.1, 0.15) is 0 Å². The van der Waals surface area contributed by atoms with Crippen LogP contribution in [0.15, 0.2) is 0 Å². The first-order chi connectivity index (χ1) is 7.97. The molecule has 4 nitrogen and oxygen atoms in total. The molecule has 2 N–H and O–H groups in total. The first-order valence-corrected chi connectivity index (χ1v) is 8.45. The lowest BCUT2D eigenvalue weighted by Crippen LogP contribution is -2.48. The van der Waals surface area contributed by atoms with Crippen molar-refractivity contribution in [3.63, 3.8) is 0 Å². The maximum Gasteiger partial charge on any atom is 0.151 e. The van der Waals surface area contributed by atoms with Crippen molar-refractivity contribution >= 4 is 9.84 Å². The van der Waals surface area contributed by atoms with Crippen LogP contribution in [-0.2, 0) is 9.84 Å². The smallest absolute Gasteiger partial charge is 0.151 e. The molecule has 0 amide bonds. The van der Waals surface area contributed by atoms with Gasteiger partial charge in [-0.2, -0.15) is 0 Å². The van der Waals surface area contributed by atoms with Crippen LogP contribution in [0.25, 0.3) is 0 Å². The summed E-state index contributed by atoms with van der Waals surface area (Å²) in [5.74, 6) is 0. The summed E-state index contributed by atoms with van der Waals surface area (Å²) in [6, 6.07) is 0.0859. The second-order valence-corrected chi connectivity index (χ2v) is 8.06. The second kappa shape index (κ2) is 4.86. The molecule has 100 valence electrons. The summed E-state index contributed by atoms with van der Waals surface area (Å²) >= 11 is 0. The predicted octanol–water partition coefficient (Wildman–Crippen LogP) is 0.704. The first kappa shape index (κ1) is 13.3. The average Bonchev–Trinajstić information content (AvgIpc) is 3.06. The normalized spacial score (nSPS) is 32.4. The van der Waals surface area contributed by atoms with Crippen LogP contribution in [0.2, 0.25) is 0 Å². The van der Waals surface area contributed by atoms with Crippen molar-refractivity contribution in [1.29, 1.82) is 0 Å². The zero-order valence-corrected chi connectivity index (χ0v) is 11.3. The van der Waals surface area contributed by atoms with Crippen LogP contribution in [0.1, 0.15) is 38.5 Å². The van der Waals surface area contributed by atoms with E-state index < -0.39 is 9.84 Å². The molecule has 0 saturated heterocycles. The van der Waals surface area contributed by atoms with Gasteiger partial charge in [0.15, 0.2) is 9.84 Å². The summed E-state index contributed by atoms with van der Waals surface area (Å²) in [5.41, 5.74) is 0.0551. The van der Waals surface area contributed by atoms with Crippen molar-refractivity contribution in [1.82, 2.24) is 5.32 Å². The molecule has 2 saturated carbocycles. The van der Waals surface area contributed by atoms with Crippen molar-refractivity contribution in [3.05, 3.63) is 0 Å². The molecule has 0 bridgehead atoms. The summed E-state index contributed by atoms with van der Waals surface area (Å²) in [6.45, 7) is 0.983. The molecule has 2 aliphatic rings. The van der Waals surface area contributed by atoms with Gasteiger partial charge in [0, 0.05) is 30.9 Å². The minimum atomic E-state index is -2.95. The number of aliphatic hydroxyl groups excluding tert-OH is 1. The number of aliphatic hydroxyl groups is 1. The molecule has 17 heavy (non-hydrogen) atoms. The van der Waals surface area contributed by atoms with E-state index in [2.05, 4.69) is 5.32 Å². The molecule has 0 aromatic carbocycles. The minimum absolute atomic E-state index is 0.0551. The third kappa shape index (κ3) is 3.20. The maximum atomic E-state index is 11.7. The summed E-state index contributed by atoms with van der Waals surface area (Å²) in [6.07, 6.45) is 7.31. The van der Waals surface area contributed by atoms with E-state index in [-0.39, 0.29) is 23.3 Å². The van der Waals surface area contributed by atoms with Gasteiger partial charge in [-0.1, -0.05) is 12.8 Å². The molecule has 2 rings (SSSR count). The molecule has 0 aromatic heterocycles. The minimum Gasteiger partial charge on any atom is -0.396 e. The van der Waals surface area contributed by atoms with Gasteiger partial charge in [-0.25, -0.2) is 8.42 Å². The Hall–Kier alpha value is -0.130. The summed E-state index contributed by atoms with van der Waals surface area (Å²) in [7, 11) is -2.95. The van der Waals surface area contributed by atoms with E-state index in [1.54, 1.807) is 0 Å². The predicted molar refractivity (Wildman–Crippen MR) is 67.6 cm³/mol. The van der Waals surface area contributed by atoms with Gasteiger partial charge in [0.25, 0.3) is 0 Å². The Bertz CT molecular complexity index is 362. The zero-order chi connectivity index (χ0) is 12.5. The van der Waals surface area contributed by atoms with E-state index in [1.807, 2.05) is 0 Å². The Balaban J connectivity index is 1.93. The molecule has 2 aliphatic carbocycles. The fraction of sp³-hybridized carbons (Fsp3) is 1.00. The highest BCUT2D eigenvalue weighted by Gasteiger charge is 2.43. The third-order valence-electron chi connectivity index (χ3n) is 4.28. The van der Waals surface area contributed by atoms with E-state index in [0.717, 1.165) is 45.1 Å². The van der Waals surface area contributed by atoms with Gasteiger partial charge in [-0.3, -0.25) is 0 Å². The Kier molecular flexibility index (Phi) is 3.80. The molecule has 0 spiro atoms. The SMILES string of the molecule is CS(=O)(=O)C1CCCCC1NCC1(CO)CC1. The van der Waals surface area contributed by atoms with Crippen LogP contribution in [0.4, 0.5) is 0 Å². The number of sulfone groups is 1. The summed E-state index contributed by atoms with van der Waals surface area (Å²) in [5, 5.41) is 12.4. The van der Waals surface area contributed by atoms with Crippen LogP contribution < -0.4 is 5.32 Å². The Morgan fingerprint density at radius 1 is 1.29 bits per heavy atom. The Morgan fingerprint density at radius 3 is 2.47 bits per heavy atom. The number of rotatable bonds is 5. The van der Waals surface area contributed by atoms with E-state index in [9.17, 15) is 13.5 Å². The van der Waals surface area contributed by atoms with Crippen molar-refractivity contribution in [3.8, 4) is 0 Å². The highest BCUT2D eigenvalue weighted by Crippen LogP contribution is 2.44. The van der Waals surface area contributed by atoms with Crippen LogP contribution in [0, 0.1) is 5.41 Å².